The Bertz CT molecular complexity index is 641. The lowest BCUT2D eigenvalue weighted by Crippen LogP contribution is -2.39. The number of anilines is 1. The molecule has 2 aromatic rings. The molecule has 1 aliphatic heterocycles. The number of pyridine rings is 1. The summed E-state index contributed by atoms with van der Waals surface area (Å²) in [7, 11) is 0. The van der Waals surface area contributed by atoms with Gasteiger partial charge in [0.1, 0.15) is 0 Å². The lowest BCUT2D eigenvalue weighted by Gasteiger charge is -2.33. The number of carbonyl (C=O) groups is 1. The molecule has 0 N–H and O–H groups in total. The van der Waals surface area contributed by atoms with E-state index in [1.807, 2.05) is 31.3 Å². The van der Waals surface area contributed by atoms with E-state index in [-0.39, 0.29) is 11.9 Å². The van der Waals surface area contributed by atoms with Gasteiger partial charge in [-0.15, -0.1) is 0 Å². The van der Waals surface area contributed by atoms with Crippen molar-refractivity contribution in [1.29, 1.82) is 0 Å². The lowest BCUT2D eigenvalue weighted by molar-refractivity contribution is -0.148. The SMILES string of the molecule is CCOC(=O)C1CCCN(c2cnc3ccccc3c2)C1. The molecule has 0 amide bonds. The number of esters is 1. The standard InChI is InChI=1S/C17H20N2O2/c1-2-21-17(20)14-7-5-9-19(12-14)15-10-13-6-3-4-8-16(13)18-11-15/h3-4,6,8,10-11,14H,2,5,7,9,12H2,1H3. The second-order valence-corrected chi connectivity index (χ2v) is 5.42. The maximum Gasteiger partial charge on any atom is 0.310 e. The average molecular weight is 284 g/mol. The summed E-state index contributed by atoms with van der Waals surface area (Å²) in [6.45, 7) is 3.99. The second kappa shape index (κ2) is 6.12. The van der Waals surface area contributed by atoms with E-state index >= 15 is 0 Å². The third kappa shape index (κ3) is 2.99. The second-order valence-electron chi connectivity index (χ2n) is 5.42. The molecule has 0 spiro atoms. The van der Waals surface area contributed by atoms with Crippen molar-refractivity contribution in [3.05, 3.63) is 36.5 Å². The number of ether oxygens (including phenoxy) is 1. The molecule has 1 aromatic heterocycles. The van der Waals surface area contributed by atoms with E-state index in [0.717, 1.165) is 42.5 Å². The minimum absolute atomic E-state index is 0.0230. The summed E-state index contributed by atoms with van der Waals surface area (Å²) in [5.74, 6) is -0.0962. The Hall–Kier alpha value is -2.10. The molecule has 0 saturated carbocycles. The highest BCUT2D eigenvalue weighted by atomic mass is 16.5. The Kier molecular flexibility index (Phi) is 4.04. The van der Waals surface area contributed by atoms with Crippen molar-refractivity contribution in [3.63, 3.8) is 0 Å². The van der Waals surface area contributed by atoms with Gasteiger partial charge in [-0.2, -0.15) is 0 Å². The zero-order chi connectivity index (χ0) is 14.7. The van der Waals surface area contributed by atoms with E-state index in [0.29, 0.717) is 6.61 Å². The fourth-order valence-electron chi connectivity index (χ4n) is 2.90. The van der Waals surface area contributed by atoms with Crippen LogP contribution in [0, 0.1) is 5.92 Å². The van der Waals surface area contributed by atoms with Gasteiger partial charge in [0.15, 0.2) is 0 Å². The Morgan fingerprint density at radius 1 is 1.43 bits per heavy atom. The van der Waals surface area contributed by atoms with Gasteiger partial charge in [0.2, 0.25) is 0 Å². The van der Waals surface area contributed by atoms with Crippen molar-refractivity contribution in [3.8, 4) is 0 Å². The number of piperidine rings is 1. The van der Waals surface area contributed by atoms with Crippen molar-refractivity contribution < 1.29 is 9.53 Å². The van der Waals surface area contributed by atoms with E-state index in [2.05, 4.69) is 22.0 Å². The van der Waals surface area contributed by atoms with Crippen LogP contribution in [0.5, 0.6) is 0 Å². The van der Waals surface area contributed by atoms with Crippen LogP contribution in [0.15, 0.2) is 36.5 Å². The first-order valence-electron chi connectivity index (χ1n) is 7.54. The number of nitrogens with zero attached hydrogens (tertiary/aromatic N) is 2. The van der Waals surface area contributed by atoms with Gasteiger partial charge in [-0.1, -0.05) is 18.2 Å². The van der Waals surface area contributed by atoms with E-state index in [1.165, 1.54) is 0 Å². The lowest BCUT2D eigenvalue weighted by atomic mass is 9.97. The van der Waals surface area contributed by atoms with E-state index in [9.17, 15) is 4.79 Å². The van der Waals surface area contributed by atoms with Crippen LogP contribution >= 0.6 is 0 Å². The quantitative estimate of drug-likeness (QED) is 0.813. The first kappa shape index (κ1) is 13.9. The molecule has 21 heavy (non-hydrogen) atoms. The van der Waals surface area contributed by atoms with E-state index in [4.69, 9.17) is 4.74 Å². The first-order chi connectivity index (χ1) is 10.3. The minimum atomic E-state index is -0.0732. The van der Waals surface area contributed by atoms with Crippen LogP contribution in [0.2, 0.25) is 0 Å². The van der Waals surface area contributed by atoms with Gasteiger partial charge in [-0.05, 0) is 31.9 Å². The molecule has 0 radical (unpaired) electrons. The predicted octanol–water partition coefficient (Wildman–Crippen LogP) is 3.01. The molecule has 1 aliphatic rings. The number of benzene rings is 1. The highest BCUT2D eigenvalue weighted by Crippen LogP contribution is 2.25. The minimum Gasteiger partial charge on any atom is -0.466 e. The Morgan fingerprint density at radius 3 is 3.14 bits per heavy atom. The highest BCUT2D eigenvalue weighted by molar-refractivity contribution is 5.82. The number of hydrogen-bond acceptors (Lipinski definition) is 4. The van der Waals surface area contributed by atoms with Gasteiger partial charge in [0.05, 0.1) is 29.9 Å². The van der Waals surface area contributed by atoms with Gasteiger partial charge >= 0.3 is 5.97 Å². The predicted molar refractivity (Wildman–Crippen MR) is 83.3 cm³/mol. The molecule has 1 unspecified atom stereocenters. The Labute approximate surface area is 124 Å². The number of carbonyl (C=O) groups excluding carboxylic acids is 1. The van der Waals surface area contributed by atoms with Crippen molar-refractivity contribution in [2.75, 3.05) is 24.6 Å². The monoisotopic (exact) mass is 284 g/mol. The smallest absolute Gasteiger partial charge is 0.310 e. The van der Waals surface area contributed by atoms with E-state index in [1.54, 1.807) is 0 Å². The molecule has 0 aliphatic carbocycles. The van der Waals surface area contributed by atoms with E-state index < -0.39 is 0 Å². The van der Waals surface area contributed by atoms with Gasteiger partial charge in [-0.25, -0.2) is 0 Å². The van der Waals surface area contributed by atoms with Crippen molar-refractivity contribution in [2.45, 2.75) is 19.8 Å². The van der Waals surface area contributed by atoms with Gasteiger partial charge in [0, 0.05) is 18.5 Å². The Balaban J connectivity index is 1.79. The van der Waals surface area contributed by atoms with Crippen LogP contribution in [-0.4, -0.2) is 30.6 Å². The zero-order valence-electron chi connectivity index (χ0n) is 12.3. The third-order valence-electron chi connectivity index (χ3n) is 3.98. The Morgan fingerprint density at radius 2 is 2.29 bits per heavy atom. The summed E-state index contributed by atoms with van der Waals surface area (Å²) in [6, 6.07) is 10.2. The molecule has 0 bridgehead atoms. The van der Waals surface area contributed by atoms with Crippen LogP contribution in [-0.2, 0) is 9.53 Å². The first-order valence-corrected chi connectivity index (χ1v) is 7.54. The third-order valence-corrected chi connectivity index (χ3v) is 3.98. The maximum atomic E-state index is 11.9. The largest absolute Gasteiger partial charge is 0.466 e. The van der Waals surface area contributed by atoms with Crippen LogP contribution < -0.4 is 4.90 Å². The van der Waals surface area contributed by atoms with Crippen LogP contribution in [0.3, 0.4) is 0 Å². The fourth-order valence-corrected chi connectivity index (χ4v) is 2.90. The summed E-state index contributed by atoms with van der Waals surface area (Å²) in [5, 5.41) is 1.13. The number of para-hydroxylation sites is 1. The van der Waals surface area contributed by atoms with Gasteiger partial charge in [0.25, 0.3) is 0 Å². The fraction of sp³-hybridized carbons (Fsp3) is 0.412. The number of aromatic nitrogens is 1. The van der Waals surface area contributed by atoms with Gasteiger partial charge < -0.3 is 9.64 Å². The summed E-state index contributed by atoms with van der Waals surface area (Å²) in [6.07, 6.45) is 3.82. The number of fused-ring (bicyclic) bond motifs is 1. The van der Waals surface area contributed by atoms with Crippen LogP contribution in [0.1, 0.15) is 19.8 Å². The molecule has 1 fully saturated rings. The van der Waals surface area contributed by atoms with Crippen molar-refractivity contribution in [1.82, 2.24) is 4.98 Å². The topological polar surface area (TPSA) is 42.4 Å². The molecular formula is C17H20N2O2. The molecule has 4 nitrogen and oxygen atoms in total. The normalized spacial score (nSPS) is 18.7. The molecule has 1 aromatic carbocycles. The molecule has 110 valence electrons. The van der Waals surface area contributed by atoms with Gasteiger partial charge in [-0.3, -0.25) is 9.78 Å². The van der Waals surface area contributed by atoms with Crippen LogP contribution in [0.25, 0.3) is 10.9 Å². The highest BCUT2D eigenvalue weighted by Gasteiger charge is 2.27. The maximum absolute atomic E-state index is 11.9. The van der Waals surface area contributed by atoms with Crippen molar-refractivity contribution in [2.24, 2.45) is 5.92 Å². The van der Waals surface area contributed by atoms with Crippen molar-refractivity contribution >= 4 is 22.6 Å². The number of rotatable bonds is 3. The summed E-state index contributed by atoms with van der Waals surface area (Å²) in [4.78, 5) is 18.7. The molecular weight excluding hydrogens is 264 g/mol. The molecule has 3 rings (SSSR count). The zero-order valence-corrected chi connectivity index (χ0v) is 12.3. The molecule has 4 heteroatoms. The average Bonchev–Trinajstić information content (AvgIpc) is 2.55. The molecule has 1 atom stereocenters. The summed E-state index contributed by atoms with van der Waals surface area (Å²) >= 11 is 0. The molecule has 1 saturated heterocycles. The summed E-state index contributed by atoms with van der Waals surface area (Å²) < 4.78 is 5.15. The van der Waals surface area contributed by atoms with Crippen LogP contribution in [0.4, 0.5) is 5.69 Å². The summed E-state index contributed by atoms with van der Waals surface area (Å²) in [5.41, 5.74) is 2.09. The number of hydrogen-bond donors (Lipinski definition) is 0. The molecule has 2 heterocycles.